The van der Waals surface area contributed by atoms with Crippen LogP contribution in [0, 0.1) is 5.92 Å². The molecule has 0 radical (unpaired) electrons. The Bertz CT molecular complexity index is 177. The van der Waals surface area contributed by atoms with E-state index in [-0.39, 0.29) is 0 Å². The average Bonchev–Trinajstić information content (AvgIpc) is 2.43. The van der Waals surface area contributed by atoms with E-state index < -0.39 is 0 Å². The van der Waals surface area contributed by atoms with E-state index in [0.717, 1.165) is 5.92 Å². The van der Waals surface area contributed by atoms with E-state index in [0.29, 0.717) is 6.04 Å². The summed E-state index contributed by atoms with van der Waals surface area (Å²) in [5.41, 5.74) is 6.15. The van der Waals surface area contributed by atoms with Crippen LogP contribution in [0.1, 0.15) is 111 Å². The predicted octanol–water partition coefficient (Wildman–Crippen LogP) is 6.45. The molecule has 0 aromatic heterocycles. The van der Waals surface area contributed by atoms with Gasteiger partial charge in [0.2, 0.25) is 0 Å². The van der Waals surface area contributed by atoms with Gasteiger partial charge in [-0.3, -0.25) is 0 Å². The highest BCUT2D eigenvalue weighted by molar-refractivity contribution is 4.69. The Balaban J connectivity index is 3.46. The van der Waals surface area contributed by atoms with Gasteiger partial charge in [-0.15, -0.1) is 0 Å². The molecule has 0 saturated carbocycles. The van der Waals surface area contributed by atoms with Crippen molar-refractivity contribution >= 4 is 0 Å². The molecule has 0 aliphatic heterocycles. The van der Waals surface area contributed by atoms with Gasteiger partial charge < -0.3 is 5.73 Å². The van der Waals surface area contributed by atoms with E-state index in [2.05, 4.69) is 20.8 Å². The predicted molar refractivity (Wildman–Crippen MR) is 93.1 cm³/mol. The van der Waals surface area contributed by atoms with Gasteiger partial charge in [-0.25, -0.2) is 0 Å². The van der Waals surface area contributed by atoms with Gasteiger partial charge in [0, 0.05) is 6.04 Å². The molecular weight excluding hydrogens is 242 g/mol. The minimum Gasteiger partial charge on any atom is -0.328 e. The normalized spacial score (nSPS) is 14.4. The van der Waals surface area contributed by atoms with Crippen molar-refractivity contribution in [3.63, 3.8) is 0 Å². The maximum atomic E-state index is 6.15. The van der Waals surface area contributed by atoms with Crippen LogP contribution in [0.3, 0.4) is 0 Å². The molecule has 2 unspecified atom stereocenters. The molecule has 0 aliphatic rings. The molecule has 0 spiro atoms. The standard InChI is InChI=1S/C19H41N/c1-4-6-8-10-11-12-13-15-17-19(18(3)20)16-14-9-7-5-2/h18-19H,4-17,20H2,1-3H3. The van der Waals surface area contributed by atoms with Crippen LogP contribution in [-0.4, -0.2) is 6.04 Å². The van der Waals surface area contributed by atoms with Crippen LogP contribution in [0.2, 0.25) is 0 Å². The third kappa shape index (κ3) is 13.0. The minimum absolute atomic E-state index is 0.390. The molecule has 0 aromatic carbocycles. The largest absolute Gasteiger partial charge is 0.328 e. The Labute approximate surface area is 129 Å². The lowest BCUT2D eigenvalue weighted by molar-refractivity contribution is 0.355. The summed E-state index contributed by atoms with van der Waals surface area (Å²) in [6, 6.07) is 0.390. The summed E-state index contributed by atoms with van der Waals surface area (Å²) in [5.74, 6) is 0.770. The highest BCUT2D eigenvalue weighted by atomic mass is 14.6. The quantitative estimate of drug-likeness (QED) is 0.343. The summed E-state index contributed by atoms with van der Waals surface area (Å²) in [7, 11) is 0. The fourth-order valence-corrected chi connectivity index (χ4v) is 3.04. The maximum absolute atomic E-state index is 6.15. The van der Waals surface area contributed by atoms with E-state index in [1.54, 1.807) is 0 Å². The molecule has 0 aromatic rings. The first kappa shape index (κ1) is 20.0. The fourth-order valence-electron chi connectivity index (χ4n) is 3.04. The molecule has 0 bridgehead atoms. The Hall–Kier alpha value is -0.0400. The molecule has 122 valence electrons. The molecular formula is C19H41N. The molecule has 0 amide bonds. The second kappa shape index (κ2) is 15.4. The molecule has 2 atom stereocenters. The van der Waals surface area contributed by atoms with Crippen LogP contribution in [0.5, 0.6) is 0 Å². The lowest BCUT2D eigenvalue weighted by Gasteiger charge is -2.20. The zero-order valence-electron chi connectivity index (χ0n) is 14.6. The van der Waals surface area contributed by atoms with Crippen molar-refractivity contribution in [2.45, 2.75) is 117 Å². The minimum atomic E-state index is 0.390. The van der Waals surface area contributed by atoms with Gasteiger partial charge in [0.1, 0.15) is 0 Å². The molecule has 0 rings (SSSR count). The van der Waals surface area contributed by atoms with Crippen LogP contribution < -0.4 is 5.73 Å². The fraction of sp³-hybridized carbons (Fsp3) is 1.00. The number of hydrogen-bond donors (Lipinski definition) is 1. The van der Waals surface area contributed by atoms with Crippen molar-refractivity contribution < 1.29 is 0 Å². The first-order valence-electron chi connectivity index (χ1n) is 9.47. The van der Waals surface area contributed by atoms with Crippen molar-refractivity contribution in [2.24, 2.45) is 11.7 Å². The highest BCUT2D eigenvalue weighted by Gasteiger charge is 2.12. The topological polar surface area (TPSA) is 26.0 Å². The summed E-state index contributed by atoms with van der Waals surface area (Å²) in [5, 5.41) is 0. The number of rotatable bonds is 15. The van der Waals surface area contributed by atoms with E-state index in [4.69, 9.17) is 5.73 Å². The van der Waals surface area contributed by atoms with Gasteiger partial charge in [-0.1, -0.05) is 90.9 Å². The molecule has 20 heavy (non-hydrogen) atoms. The summed E-state index contributed by atoms with van der Waals surface area (Å²) < 4.78 is 0. The highest BCUT2D eigenvalue weighted by Crippen LogP contribution is 2.21. The van der Waals surface area contributed by atoms with Crippen LogP contribution in [-0.2, 0) is 0 Å². The maximum Gasteiger partial charge on any atom is 0.00387 e. The van der Waals surface area contributed by atoms with Gasteiger partial charge in [0.05, 0.1) is 0 Å². The molecule has 0 aliphatic carbocycles. The average molecular weight is 284 g/mol. The molecule has 0 heterocycles. The van der Waals surface area contributed by atoms with Crippen LogP contribution >= 0.6 is 0 Å². The smallest absolute Gasteiger partial charge is 0.00387 e. The third-order valence-corrected chi connectivity index (χ3v) is 4.60. The van der Waals surface area contributed by atoms with Crippen molar-refractivity contribution in [1.82, 2.24) is 0 Å². The Kier molecular flexibility index (Phi) is 15.3. The Morgan fingerprint density at radius 2 is 0.950 bits per heavy atom. The van der Waals surface area contributed by atoms with Crippen LogP contribution in [0.25, 0.3) is 0 Å². The summed E-state index contributed by atoms with van der Waals surface area (Å²) in [6.07, 6.45) is 19.6. The molecule has 0 saturated heterocycles. The molecule has 1 heteroatoms. The van der Waals surface area contributed by atoms with E-state index in [1.165, 1.54) is 89.9 Å². The number of unbranched alkanes of at least 4 members (excludes halogenated alkanes) is 10. The first-order chi connectivity index (χ1) is 9.72. The van der Waals surface area contributed by atoms with Gasteiger partial charge in [0.15, 0.2) is 0 Å². The monoisotopic (exact) mass is 283 g/mol. The number of hydrogen-bond acceptors (Lipinski definition) is 1. The SMILES string of the molecule is CCCCCCCCCCC(CCCCCC)C(C)N. The van der Waals surface area contributed by atoms with Crippen molar-refractivity contribution in [3.05, 3.63) is 0 Å². The zero-order chi connectivity index (χ0) is 15.1. The summed E-state index contributed by atoms with van der Waals surface area (Å²) in [6.45, 7) is 6.77. The lowest BCUT2D eigenvalue weighted by Crippen LogP contribution is -2.26. The number of nitrogens with two attached hydrogens (primary N) is 1. The van der Waals surface area contributed by atoms with Crippen molar-refractivity contribution in [1.29, 1.82) is 0 Å². The second-order valence-corrected chi connectivity index (χ2v) is 6.73. The van der Waals surface area contributed by atoms with Gasteiger partial charge in [-0.05, 0) is 25.7 Å². The zero-order valence-corrected chi connectivity index (χ0v) is 14.6. The van der Waals surface area contributed by atoms with Gasteiger partial charge in [0.25, 0.3) is 0 Å². The Morgan fingerprint density at radius 3 is 1.35 bits per heavy atom. The first-order valence-corrected chi connectivity index (χ1v) is 9.47. The van der Waals surface area contributed by atoms with Crippen molar-refractivity contribution in [3.8, 4) is 0 Å². The van der Waals surface area contributed by atoms with E-state index in [1.807, 2.05) is 0 Å². The lowest BCUT2D eigenvalue weighted by atomic mass is 9.89. The van der Waals surface area contributed by atoms with Gasteiger partial charge >= 0.3 is 0 Å². The van der Waals surface area contributed by atoms with Crippen molar-refractivity contribution in [2.75, 3.05) is 0 Å². The summed E-state index contributed by atoms with van der Waals surface area (Å²) in [4.78, 5) is 0. The van der Waals surface area contributed by atoms with E-state index in [9.17, 15) is 0 Å². The second-order valence-electron chi connectivity index (χ2n) is 6.73. The third-order valence-electron chi connectivity index (χ3n) is 4.60. The molecule has 1 nitrogen and oxygen atoms in total. The van der Waals surface area contributed by atoms with Crippen LogP contribution in [0.15, 0.2) is 0 Å². The summed E-state index contributed by atoms with van der Waals surface area (Å²) >= 11 is 0. The Morgan fingerprint density at radius 1 is 0.600 bits per heavy atom. The molecule has 0 fully saturated rings. The van der Waals surface area contributed by atoms with E-state index >= 15 is 0 Å². The molecule has 2 N–H and O–H groups in total. The van der Waals surface area contributed by atoms with Crippen LogP contribution in [0.4, 0.5) is 0 Å². The van der Waals surface area contributed by atoms with Gasteiger partial charge in [-0.2, -0.15) is 0 Å².